The summed E-state index contributed by atoms with van der Waals surface area (Å²) in [4.78, 5) is 20.7. The predicted octanol–water partition coefficient (Wildman–Crippen LogP) is 4.29. The number of halogens is 2. The van der Waals surface area contributed by atoms with Crippen LogP contribution in [0, 0.1) is 0 Å². The summed E-state index contributed by atoms with van der Waals surface area (Å²) < 4.78 is 1.57. The van der Waals surface area contributed by atoms with Crippen molar-refractivity contribution in [3.8, 4) is 0 Å². The van der Waals surface area contributed by atoms with Crippen molar-refractivity contribution in [1.82, 2.24) is 0 Å². The molecule has 0 aliphatic rings. The molecule has 0 aliphatic heterocycles. The van der Waals surface area contributed by atoms with Gasteiger partial charge in [0.1, 0.15) is 0 Å². The second-order valence-electron chi connectivity index (χ2n) is 3.63. The maximum absolute atomic E-state index is 10.3. The van der Waals surface area contributed by atoms with Gasteiger partial charge in [-0.3, -0.25) is 0 Å². The van der Waals surface area contributed by atoms with Crippen LogP contribution in [-0.2, 0) is 16.8 Å². The van der Waals surface area contributed by atoms with E-state index in [9.17, 15) is 9.59 Å². The zero-order valence-corrected chi connectivity index (χ0v) is 14.6. The zero-order valence-electron chi connectivity index (χ0n) is 10.4. The number of rotatable bonds is 2. The molecule has 2 N–H and O–H groups in total. The molecule has 0 fully saturated rings. The van der Waals surface area contributed by atoms with Crippen LogP contribution in [0.2, 0.25) is 0 Å². The van der Waals surface area contributed by atoms with Gasteiger partial charge in [0.25, 0.3) is 0 Å². The summed E-state index contributed by atoms with van der Waals surface area (Å²) in [6.45, 7) is 0. The molecule has 0 saturated heterocycles. The van der Waals surface area contributed by atoms with Crippen LogP contribution in [0.3, 0.4) is 0 Å². The summed E-state index contributed by atoms with van der Waals surface area (Å²) in [6.07, 6.45) is 0. The maximum Gasteiger partial charge on any atom is 0.335 e. The molecule has 0 aromatic heterocycles. The van der Waals surface area contributed by atoms with E-state index >= 15 is 0 Å². The first kappa shape index (κ1) is 19.8. The van der Waals surface area contributed by atoms with Crippen LogP contribution in [0.1, 0.15) is 20.7 Å². The standard InChI is InChI=1S/2C7H5BrO2.Co/c2*8-6-3-1-2-5(4-6)7(9)10;/h2*1-4H,(H,9,10);. The summed E-state index contributed by atoms with van der Waals surface area (Å²) in [5, 5.41) is 17.0. The molecular weight excluding hydrogens is 451 g/mol. The first-order valence-corrected chi connectivity index (χ1v) is 6.96. The van der Waals surface area contributed by atoms with Crippen LogP contribution in [0.15, 0.2) is 57.5 Å². The van der Waals surface area contributed by atoms with E-state index in [-0.39, 0.29) is 16.8 Å². The summed E-state index contributed by atoms with van der Waals surface area (Å²) in [5.41, 5.74) is 0.601. The SMILES string of the molecule is O=C(O)c1cccc(Br)c1.O=C(O)c1cccc(Br)c1.[Co]. The maximum atomic E-state index is 10.3. The molecule has 7 heteroatoms. The third-order valence-corrected chi connectivity index (χ3v) is 3.13. The Morgan fingerprint density at radius 3 is 1.29 bits per heavy atom. The summed E-state index contributed by atoms with van der Waals surface area (Å²) in [5.74, 6) is -1.80. The molecule has 0 unspecified atom stereocenters. The minimum Gasteiger partial charge on any atom is -0.478 e. The Kier molecular flexibility index (Phi) is 9.19. The van der Waals surface area contributed by atoms with Gasteiger partial charge >= 0.3 is 11.9 Å². The monoisotopic (exact) mass is 459 g/mol. The van der Waals surface area contributed by atoms with Gasteiger partial charge in [0.2, 0.25) is 0 Å². The number of carbonyl (C=O) groups is 2. The van der Waals surface area contributed by atoms with E-state index < -0.39 is 11.9 Å². The third-order valence-electron chi connectivity index (χ3n) is 2.14. The Morgan fingerprint density at radius 1 is 0.762 bits per heavy atom. The fraction of sp³-hybridized carbons (Fsp3) is 0. The second-order valence-corrected chi connectivity index (χ2v) is 5.46. The Bertz CT molecular complexity index is 576. The Labute approximate surface area is 148 Å². The van der Waals surface area contributed by atoms with E-state index in [1.165, 1.54) is 0 Å². The zero-order chi connectivity index (χ0) is 15.1. The van der Waals surface area contributed by atoms with Crippen molar-refractivity contribution in [3.05, 3.63) is 68.6 Å². The number of aromatic carboxylic acids is 2. The summed E-state index contributed by atoms with van der Waals surface area (Å²) in [6, 6.07) is 13.2. The van der Waals surface area contributed by atoms with Gasteiger partial charge in [0.15, 0.2) is 0 Å². The van der Waals surface area contributed by atoms with Crippen molar-refractivity contribution in [1.29, 1.82) is 0 Å². The number of hydrogen-bond donors (Lipinski definition) is 2. The molecule has 0 bridgehead atoms. The van der Waals surface area contributed by atoms with E-state index in [0.29, 0.717) is 11.1 Å². The van der Waals surface area contributed by atoms with Gasteiger partial charge in [0.05, 0.1) is 11.1 Å². The molecule has 0 heterocycles. The Morgan fingerprint density at radius 2 is 1.10 bits per heavy atom. The van der Waals surface area contributed by atoms with E-state index in [1.54, 1.807) is 48.5 Å². The van der Waals surface area contributed by atoms with Crippen molar-refractivity contribution < 1.29 is 36.6 Å². The van der Waals surface area contributed by atoms with Gasteiger partial charge in [-0.15, -0.1) is 0 Å². The smallest absolute Gasteiger partial charge is 0.335 e. The fourth-order valence-corrected chi connectivity index (χ4v) is 2.04. The molecule has 2 rings (SSSR count). The average molecular weight is 461 g/mol. The molecule has 21 heavy (non-hydrogen) atoms. The largest absolute Gasteiger partial charge is 0.478 e. The van der Waals surface area contributed by atoms with Gasteiger partial charge in [0, 0.05) is 25.7 Å². The van der Waals surface area contributed by atoms with E-state index in [2.05, 4.69) is 31.9 Å². The van der Waals surface area contributed by atoms with Crippen LogP contribution >= 0.6 is 31.9 Å². The molecule has 4 nitrogen and oxygen atoms in total. The van der Waals surface area contributed by atoms with Gasteiger partial charge in [-0.25, -0.2) is 9.59 Å². The van der Waals surface area contributed by atoms with Crippen molar-refractivity contribution >= 4 is 43.8 Å². The Hall–Kier alpha value is -1.15. The average Bonchev–Trinajstić information content (AvgIpc) is 2.39. The third kappa shape index (κ3) is 7.42. The summed E-state index contributed by atoms with van der Waals surface area (Å²) in [7, 11) is 0. The van der Waals surface area contributed by atoms with Gasteiger partial charge in [-0.05, 0) is 36.4 Å². The topological polar surface area (TPSA) is 74.6 Å². The molecule has 0 atom stereocenters. The molecular formula is C14H10Br2CoO4. The minimum atomic E-state index is -0.902. The normalized spacial score (nSPS) is 8.86. The number of benzene rings is 2. The molecule has 0 aliphatic carbocycles. The van der Waals surface area contributed by atoms with Crippen molar-refractivity contribution in [2.24, 2.45) is 0 Å². The summed E-state index contributed by atoms with van der Waals surface area (Å²) >= 11 is 6.33. The first-order chi connectivity index (χ1) is 9.40. The van der Waals surface area contributed by atoms with Crippen LogP contribution < -0.4 is 0 Å². The molecule has 0 spiro atoms. The van der Waals surface area contributed by atoms with Crippen LogP contribution in [0.25, 0.3) is 0 Å². The van der Waals surface area contributed by atoms with Gasteiger partial charge in [-0.2, -0.15) is 0 Å². The molecule has 2 aromatic carbocycles. The van der Waals surface area contributed by atoms with Crippen LogP contribution in [0.5, 0.6) is 0 Å². The minimum absolute atomic E-state index is 0. The quantitative estimate of drug-likeness (QED) is 0.701. The molecule has 2 aromatic rings. The van der Waals surface area contributed by atoms with Gasteiger partial charge in [-0.1, -0.05) is 44.0 Å². The predicted molar refractivity (Wildman–Crippen MR) is 82.2 cm³/mol. The second kappa shape index (κ2) is 9.72. The van der Waals surface area contributed by atoms with Crippen molar-refractivity contribution in [2.75, 3.05) is 0 Å². The number of hydrogen-bond acceptors (Lipinski definition) is 2. The molecule has 0 amide bonds. The fourth-order valence-electron chi connectivity index (χ4n) is 1.24. The number of carboxylic acid groups (broad SMARTS) is 2. The van der Waals surface area contributed by atoms with Crippen molar-refractivity contribution in [3.63, 3.8) is 0 Å². The van der Waals surface area contributed by atoms with Crippen LogP contribution in [0.4, 0.5) is 0 Å². The number of carboxylic acids is 2. The molecule has 0 saturated carbocycles. The van der Waals surface area contributed by atoms with E-state index in [4.69, 9.17) is 10.2 Å². The first-order valence-electron chi connectivity index (χ1n) is 5.38. The molecule has 1 radical (unpaired) electrons. The van der Waals surface area contributed by atoms with E-state index in [1.807, 2.05) is 0 Å². The van der Waals surface area contributed by atoms with E-state index in [0.717, 1.165) is 8.95 Å². The molecule has 113 valence electrons. The van der Waals surface area contributed by atoms with Gasteiger partial charge < -0.3 is 10.2 Å². The van der Waals surface area contributed by atoms with Crippen molar-refractivity contribution in [2.45, 2.75) is 0 Å². The van der Waals surface area contributed by atoms with Crippen LogP contribution in [-0.4, -0.2) is 22.2 Å². The Balaban J connectivity index is 0.000000364.